The third kappa shape index (κ3) is 4.38. The summed E-state index contributed by atoms with van der Waals surface area (Å²) in [6.45, 7) is 0.428. The summed E-state index contributed by atoms with van der Waals surface area (Å²) in [4.78, 5) is 4.27. The highest BCUT2D eigenvalue weighted by molar-refractivity contribution is 5.92. The minimum atomic E-state index is 0.293. The van der Waals surface area contributed by atoms with Gasteiger partial charge in [-0.3, -0.25) is 0 Å². The van der Waals surface area contributed by atoms with Gasteiger partial charge < -0.3 is 20.5 Å². The number of rotatable bonds is 5. The summed E-state index contributed by atoms with van der Waals surface area (Å²) in [5.74, 6) is 1.55. The summed E-state index contributed by atoms with van der Waals surface area (Å²) in [5, 5.41) is 11.8. The molecule has 0 aliphatic rings. The van der Waals surface area contributed by atoms with Crippen molar-refractivity contribution in [1.82, 2.24) is 0 Å². The van der Waals surface area contributed by atoms with E-state index in [9.17, 15) is 0 Å². The van der Waals surface area contributed by atoms with E-state index in [1.807, 2.05) is 18.2 Å². The Kier molecular flexibility index (Phi) is 5.42. The van der Waals surface area contributed by atoms with Gasteiger partial charge in [0, 0.05) is 11.8 Å². The zero-order valence-electron chi connectivity index (χ0n) is 13.0. The maximum Gasteiger partial charge on any atom is 0.193 e. The zero-order valence-corrected chi connectivity index (χ0v) is 13.0. The van der Waals surface area contributed by atoms with Gasteiger partial charge in [0.2, 0.25) is 0 Å². The normalized spacial score (nSPS) is 10.7. The molecule has 0 saturated heterocycles. The van der Waals surface area contributed by atoms with E-state index in [1.165, 1.54) is 0 Å². The lowest BCUT2D eigenvalue weighted by molar-refractivity contribution is 0.355. The molecule has 6 nitrogen and oxygen atoms in total. The van der Waals surface area contributed by atoms with Crippen LogP contribution in [0.4, 0.5) is 5.69 Å². The van der Waals surface area contributed by atoms with Gasteiger partial charge in [-0.25, -0.2) is 4.99 Å². The van der Waals surface area contributed by atoms with E-state index >= 15 is 0 Å². The average Bonchev–Trinajstić information content (AvgIpc) is 2.60. The van der Waals surface area contributed by atoms with Crippen LogP contribution in [0, 0.1) is 11.3 Å². The molecule has 0 bridgehead atoms. The van der Waals surface area contributed by atoms with Gasteiger partial charge >= 0.3 is 0 Å². The average molecular weight is 310 g/mol. The summed E-state index contributed by atoms with van der Waals surface area (Å²) in [6.07, 6.45) is 0. The number of nitrogens with zero attached hydrogens (tertiary/aromatic N) is 2. The topological polar surface area (TPSA) is 92.7 Å². The Morgan fingerprint density at radius 2 is 1.83 bits per heavy atom. The highest BCUT2D eigenvalue weighted by Crippen LogP contribution is 2.29. The standard InChI is InChI=1S/C17H18N4O2/c1-22-15-8-7-14(9-16(15)23-2)21-17(19)20-11-13-5-3-12(10-18)4-6-13/h3-9H,11H2,1-2H3,(H3,19,20,21). The van der Waals surface area contributed by atoms with Crippen molar-refractivity contribution in [2.45, 2.75) is 6.54 Å². The zero-order chi connectivity index (χ0) is 16.7. The molecule has 2 aromatic rings. The molecule has 0 unspecified atom stereocenters. The van der Waals surface area contributed by atoms with Crippen molar-refractivity contribution in [3.05, 3.63) is 53.6 Å². The number of ether oxygens (including phenoxy) is 2. The van der Waals surface area contributed by atoms with Gasteiger partial charge in [0.05, 0.1) is 32.4 Å². The highest BCUT2D eigenvalue weighted by atomic mass is 16.5. The van der Waals surface area contributed by atoms with Crippen LogP contribution in [-0.2, 0) is 6.54 Å². The minimum Gasteiger partial charge on any atom is -0.493 e. The molecule has 0 aliphatic heterocycles. The number of nitriles is 1. The number of aliphatic imine (C=N–C) groups is 1. The van der Waals surface area contributed by atoms with Crippen LogP contribution in [0.5, 0.6) is 11.5 Å². The first-order valence-electron chi connectivity index (χ1n) is 6.94. The molecule has 0 amide bonds. The van der Waals surface area contributed by atoms with Gasteiger partial charge in [-0.05, 0) is 29.8 Å². The fourth-order valence-corrected chi connectivity index (χ4v) is 1.96. The first kappa shape index (κ1) is 16.2. The van der Waals surface area contributed by atoms with Crippen LogP contribution in [0.2, 0.25) is 0 Å². The number of hydrogen-bond donors (Lipinski definition) is 2. The summed E-state index contributed by atoms with van der Waals surface area (Å²) in [5.41, 5.74) is 8.23. The number of anilines is 1. The Hall–Kier alpha value is -3.20. The Balaban J connectivity index is 2.03. The number of benzene rings is 2. The van der Waals surface area contributed by atoms with Crippen molar-refractivity contribution < 1.29 is 9.47 Å². The number of guanidine groups is 1. The summed E-state index contributed by atoms with van der Waals surface area (Å²) >= 11 is 0. The number of hydrogen-bond acceptors (Lipinski definition) is 4. The van der Waals surface area contributed by atoms with E-state index in [2.05, 4.69) is 16.4 Å². The lowest BCUT2D eigenvalue weighted by Crippen LogP contribution is -2.22. The van der Waals surface area contributed by atoms with E-state index < -0.39 is 0 Å². The van der Waals surface area contributed by atoms with Crippen molar-refractivity contribution in [1.29, 1.82) is 5.26 Å². The molecule has 0 saturated carbocycles. The quantitative estimate of drug-likeness (QED) is 0.654. The first-order valence-corrected chi connectivity index (χ1v) is 6.94. The van der Waals surface area contributed by atoms with Crippen LogP contribution in [-0.4, -0.2) is 20.2 Å². The molecular formula is C17H18N4O2. The molecular weight excluding hydrogens is 292 g/mol. The Morgan fingerprint density at radius 3 is 2.43 bits per heavy atom. The second kappa shape index (κ2) is 7.71. The molecule has 118 valence electrons. The summed E-state index contributed by atoms with van der Waals surface area (Å²) in [6, 6.07) is 14.7. The fourth-order valence-electron chi connectivity index (χ4n) is 1.96. The largest absolute Gasteiger partial charge is 0.493 e. The van der Waals surface area contributed by atoms with Crippen molar-refractivity contribution in [2.24, 2.45) is 10.7 Å². The highest BCUT2D eigenvalue weighted by Gasteiger charge is 2.05. The second-order valence-corrected chi connectivity index (χ2v) is 4.70. The molecule has 3 N–H and O–H groups in total. The molecule has 2 rings (SSSR count). The smallest absolute Gasteiger partial charge is 0.193 e. The van der Waals surface area contributed by atoms with Gasteiger partial charge in [-0.15, -0.1) is 0 Å². The molecule has 0 aliphatic carbocycles. The predicted molar refractivity (Wildman–Crippen MR) is 89.7 cm³/mol. The molecule has 0 atom stereocenters. The van der Waals surface area contributed by atoms with Crippen molar-refractivity contribution in [2.75, 3.05) is 19.5 Å². The fraction of sp³-hybridized carbons (Fsp3) is 0.176. The van der Waals surface area contributed by atoms with E-state index in [-0.39, 0.29) is 0 Å². The third-order valence-corrected chi connectivity index (χ3v) is 3.17. The van der Waals surface area contributed by atoms with E-state index in [1.54, 1.807) is 38.5 Å². The van der Waals surface area contributed by atoms with Gasteiger partial charge in [0.25, 0.3) is 0 Å². The van der Waals surface area contributed by atoms with Gasteiger partial charge in [-0.2, -0.15) is 5.26 Å². The SMILES string of the molecule is COc1ccc(NC(N)=NCc2ccc(C#N)cc2)cc1OC. The molecule has 0 aromatic heterocycles. The van der Waals surface area contributed by atoms with E-state index in [0.29, 0.717) is 29.6 Å². The molecule has 0 spiro atoms. The maximum absolute atomic E-state index is 8.76. The van der Waals surface area contributed by atoms with Crippen LogP contribution in [0.15, 0.2) is 47.5 Å². The summed E-state index contributed by atoms with van der Waals surface area (Å²) < 4.78 is 10.4. The number of nitrogens with one attached hydrogen (secondary N) is 1. The van der Waals surface area contributed by atoms with Gasteiger partial charge in [0.1, 0.15) is 0 Å². The van der Waals surface area contributed by atoms with Crippen LogP contribution in [0.1, 0.15) is 11.1 Å². The van der Waals surface area contributed by atoms with Crippen molar-refractivity contribution >= 4 is 11.6 Å². The predicted octanol–water partition coefficient (Wildman–Crippen LogP) is 2.50. The molecule has 23 heavy (non-hydrogen) atoms. The van der Waals surface area contributed by atoms with Crippen LogP contribution in [0.25, 0.3) is 0 Å². The Labute approximate surface area is 135 Å². The van der Waals surface area contributed by atoms with Gasteiger partial charge in [-0.1, -0.05) is 12.1 Å². The maximum atomic E-state index is 8.76. The number of nitrogens with two attached hydrogens (primary N) is 1. The molecule has 2 aromatic carbocycles. The monoisotopic (exact) mass is 310 g/mol. The molecule has 0 radical (unpaired) electrons. The summed E-state index contributed by atoms with van der Waals surface area (Å²) in [7, 11) is 3.16. The molecule has 0 fully saturated rings. The second-order valence-electron chi connectivity index (χ2n) is 4.70. The third-order valence-electron chi connectivity index (χ3n) is 3.17. The molecule has 0 heterocycles. The number of methoxy groups -OCH3 is 2. The lowest BCUT2D eigenvalue weighted by atomic mass is 10.1. The Bertz CT molecular complexity index is 733. The van der Waals surface area contributed by atoms with Crippen LogP contribution >= 0.6 is 0 Å². The minimum absolute atomic E-state index is 0.293. The van der Waals surface area contributed by atoms with Crippen LogP contribution < -0.4 is 20.5 Å². The Morgan fingerprint density at radius 1 is 1.13 bits per heavy atom. The van der Waals surface area contributed by atoms with E-state index in [0.717, 1.165) is 11.3 Å². The van der Waals surface area contributed by atoms with Crippen molar-refractivity contribution in [3.63, 3.8) is 0 Å². The first-order chi connectivity index (χ1) is 11.2. The molecule has 6 heteroatoms. The van der Waals surface area contributed by atoms with E-state index in [4.69, 9.17) is 20.5 Å². The van der Waals surface area contributed by atoms with Crippen LogP contribution in [0.3, 0.4) is 0 Å². The lowest BCUT2D eigenvalue weighted by Gasteiger charge is -2.11. The van der Waals surface area contributed by atoms with Crippen molar-refractivity contribution in [3.8, 4) is 17.6 Å². The van der Waals surface area contributed by atoms with Gasteiger partial charge in [0.15, 0.2) is 17.5 Å².